The Morgan fingerprint density at radius 3 is 2.82 bits per heavy atom. The molecule has 0 spiro atoms. The molecule has 0 aliphatic carbocycles. The van der Waals surface area contributed by atoms with Crippen LogP contribution in [-0.2, 0) is 9.53 Å². The lowest BCUT2D eigenvalue weighted by atomic mass is 10.2. The number of esters is 1. The molecule has 1 rings (SSSR count). The van der Waals surface area contributed by atoms with Gasteiger partial charge in [0.05, 0.1) is 6.61 Å². The van der Waals surface area contributed by atoms with Crippen molar-refractivity contribution in [3.8, 4) is 5.75 Å². The Balaban J connectivity index is 2.52. The quantitative estimate of drug-likeness (QED) is 0.821. The van der Waals surface area contributed by atoms with Gasteiger partial charge in [-0.2, -0.15) is 0 Å². The van der Waals surface area contributed by atoms with Crippen LogP contribution in [0, 0.1) is 6.92 Å². The van der Waals surface area contributed by atoms with E-state index in [1.54, 1.807) is 25.1 Å². The molecule has 0 aliphatic rings. The minimum Gasteiger partial charge on any atom is -0.490 e. The van der Waals surface area contributed by atoms with Gasteiger partial charge in [0, 0.05) is 5.02 Å². The molecule has 0 amide bonds. The third kappa shape index (κ3) is 4.24. The fraction of sp³-hybridized carbons (Fsp3) is 0.417. The summed E-state index contributed by atoms with van der Waals surface area (Å²) in [6.45, 7) is 3.60. The van der Waals surface area contributed by atoms with Crippen molar-refractivity contribution in [2.45, 2.75) is 20.0 Å². The van der Waals surface area contributed by atoms with Gasteiger partial charge in [0.1, 0.15) is 12.4 Å². The van der Waals surface area contributed by atoms with Crippen LogP contribution in [0.2, 0.25) is 5.02 Å². The normalized spacial score (nSPS) is 12.0. The molecule has 0 bridgehead atoms. The molecule has 0 heterocycles. The van der Waals surface area contributed by atoms with Gasteiger partial charge < -0.3 is 14.6 Å². The molecular weight excluding hydrogens is 244 g/mol. The van der Waals surface area contributed by atoms with E-state index in [2.05, 4.69) is 4.74 Å². The SMILES string of the molecule is CCOC(=O)C(O)COc1ccc(Cl)cc1C. The summed E-state index contributed by atoms with van der Waals surface area (Å²) in [6, 6.07) is 5.11. The van der Waals surface area contributed by atoms with Crippen molar-refractivity contribution >= 4 is 17.6 Å². The minimum absolute atomic E-state index is 0.138. The van der Waals surface area contributed by atoms with Crippen LogP contribution in [0.1, 0.15) is 12.5 Å². The molecule has 17 heavy (non-hydrogen) atoms. The zero-order valence-corrected chi connectivity index (χ0v) is 10.5. The lowest BCUT2D eigenvalue weighted by Crippen LogP contribution is -2.29. The van der Waals surface area contributed by atoms with E-state index < -0.39 is 12.1 Å². The van der Waals surface area contributed by atoms with Crippen LogP contribution in [0.15, 0.2) is 18.2 Å². The second-order valence-electron chi connectivity index (χ2n) is 3.49. The van der Waals surface area contributed by atoms with E-state index in [1.807, 2.05) is 6.92 Å². The maximum atomic E-state index is 11.1. The van der Waals surface area contributed by atoms with E-state index in [9.17, 15) is 9.90 Å². The van der Waals surface area contributed by atoms with Crippen LogP contribution < -0.4 is 4.74 Å². The fourth-order valence-corrected chi connectivity index (χ4v) is 1.48. The Labute approximate surface area is 105 Å². The molecular formula is C12H15ClO4. The van der Waals surface area contributed by atoms with Gasteiger partial charge >= 0.3 is 5.97 Å². The maximum Gasteiger partial charge on any atom is 0.338 e. The number of halogens is 1. The maximum absolute atomic E-state index is 11.1. The molecule has 1 aromatic rings. The first-order chi connectivity index (χ1) is 8.04. The van der Waals surface area contributed by atoms with Gasteiger partial charge in [0.2, 0.25) is 0 Å². The summed E-state index contributed by atoms with van der Waals surface area (Å²) in [4.78, 5) is 11.1. The van der Waals surface area contributed by atoms with Gasteiger partial charge in [-0.05, 0) is 37.6 Å². The van der Waals surface area contributed by atoms with Crippen molar-refractivity contribution in [3.63, 3.8) is 0 Å². The third-order valence-electron chi connectivity index (χ3n) is 2.09. The van der Waals surface area contributed by atoms with E-state index in [0.29, 0.717) is 10.8 Å². The Kier molecular flexibility index (Phi) is 5.25. The van der Waals surface area contributed by atoms with Crippen LogP contribution in [0.5, 0.6) is 5.75 Å². The molecule has 0 aromatic heterocycles. The number of aryl methyl sites for hydroxylation is 1. The van der Waals surface area contributed by atoms with Crippen LogP contribution >= 0.6 is 11.6 Å². The highest BCUT2D eigenvalue weighted by atomic mass is 35.5. The molecule has 5 heteroatoms. The summed E-state index contributed by atoms with van der Waals surface area (Å²) in [6.07, 6.45) is -1.27. The fourth-order valence-electron chi connectivity index (χ4n) is 1.25. The van der Waals surface area contributed by atoms with Crippen LogP contribution in [0.4, 0.5) is 0 Å². The largest absolute Gasteiger partial charge is 0.490 e. The standard InChI is InChI=1S/C12H15ClO4/c1-3-16-12(15)10(14)7-17-11-5-4-9(13)6-8(11)2/h4-6,10,14H,3,7H2,1-2H3. The van der Waals surface area contributed by atoms with Gasteiger partial charge in [0.15, 0.2) is 6.10 Å². The van der Waals surface area contributed by atoms with Crippen molar-refractivity contribution in [3.05, 3.63) is 28.8 Å². The van der Waals surface area contributed by atoms with Crippen molar-refractivity contribution in [2.75, 3.05) is 13.2 Å². The summed E-state index contributed by atoms with van der Waals surface area (Å²) in [5.74, 6) is -0.100. The van der Waals surface area contributed by atoms with E-state index >= 15 is 0 Å². The van der Waals surface area contributed by atoms with E-state index in [0.717, 1.165) is 5.56 Å². The van der Waals surface area contributed by atoms with Crippen LogP contribution in [-0.4, -0.2) is 30.4 Å². The number of carbonyl (C=O) groups excluding carboxylic acids is 1. The van der Waals surface area contributed by atoms with Crippen molar-refractivity contribution in [2.24, 2.45) is 0 Å². The molecule has 1 aromatic carbocycles. The number of ether oxygens (including phenoxy) is 2. The summed E-state index contributed by atoms with van der Waals surface area (Å²) < 4.78 is 9.96. The van der Waals surface area contributed by atoms with E-state index in [-0.39, 0.29) is 13.2 Å². The van der Waals surface area contributed by atoms with E-state index in [4.69, 9.17) is 16.3 Å². The van der Waals surface area contributed by atoms with Crippen molar-refractivity contribution in [1.82, 2.24) is 0 Å². The van der Waals surface area contributed by atoms with Crippen molar-refractivity contribution < 1.29 is 19.4 Å². The monoisotopic (exact) mass is 258 g/mol. The average molecular weight is 259 g/mol. The minimum atomic E-state index is -1.27. The molecule has 0 fully saturated rings. The van der Waals surface area contributed by atoms with Gasteiger partial charge in [-0.1, -0.05) is 11.6 Å². The molecule has 4 nitrogen and oxygen atoms in total. The highest BCUT2D eigenvalue weighted by Crippen LogP contribution is 2.21. The second kappa shape index (κ2) is 6.47. The van der Waals surface area contributed by atoms with Crippen LogP contribution in [0.3, 0.4) is 0 Å². The number of hydrogen-bond donors (Lipinski definition) is 1. The number of rotatable bonds is 5. The molecule has 0 aliphatic heterocycles. The number of aliphatic hydroxyl groups excluding tert-OH is 1. The van der Waals surface area contributed by atoms with Crippen LogP contribution in [0.25, 0.3) is 0 Å². The van der Waals surface area contributed by atoms with Gasteiger partial charge in [-0.3, -0.25) is 0 Å². The molecule has 1 N–H and O–H groups in total. The second-order valence-corrected chi connectivity index (χ2v) is 3.93. The highest BCUT2D eigenvalue weighted by molar-refractivity contribution is 6.30. The summed E-state index contributed by atoms with van der Waals surface area (Å²) in [5, 5.41) is 10.0. The summed E-state index contributed by atoms with van der Waals surface area (Å²) >= 11 is 5.79. The lowest BCUT2D eigenvalue weighted by molar-refractivity contribution is -0.154. The van der Waals surface area contributed by atoms with Gasteiger partial charge in [-0.25, -0.2) is 4.79 Å². The molecule has 1 unspecified atom stereocenters. The number of benzene rings is 1. The molecule has 0 saturated carbocycles. The first kappa shape index (κ1) is 13.8. The zero-order chi connectivity index (χ0) is 12.8. The smallest absolute Gasteiger partial charge is 0.338 e. The summed E-state index contributed by atoms with van der Waals surface area (Å²) in [5.41, 5.74) is 0.841. The Hall–Kier alpha value is -1.26. The van der Waals surface area contributed by atoms with Gasteiger partial charge in [-0.15, -0.1) is 0 Å². The molecule has 1 atom stereocenters. The highest BCUT2D eigenvalue weighted by Gasteiger charge is 2.17. The number of aliphatic hydroxyl groups is 1. The lowest BCUT2D eigenvalue weighted by Gasteiger charge is -2.12. The predicted octanol–water partition coefficient (Wildman–Crippen LogP) is 1.95. The molecule has 0 saturated heterocycles. The topological polar surface area (TPSA) is 55.8 Å². The average Bonchev–Trinajstić information content (AvgIpc) is 2.27. The van der Waals surface area contributed by atoms with Crippen molar-refractivity contribution in [1.29, 1.82) is 0 Å². The molecule has 94 valence electrons. The third-order valence-corrected chi connectivity index (χ3v) is 2.33. The Morgan fingerprint density at radius 2 is 2.24 bits per heavy atom. The first-order valence-electron chi connectivity index (χ1n) is 5.28. The van der Waals surface area contributed by atoms with Gasteiger partial charge in [0.25, 0.3) is 0 Å². The Bertz CT molecular complexity index is 392. The number of hydrogen-bond acceptors (Lipinski definition) is 4. The zero-order valence-electron chi connectivity index (χ0n) is 9.77. The predicted molar refractivity (Wildman–Crippen MR) is 64.3 cm³/mol. The Morgan fingerprint density at radius 1 is 1.53 bits per heavy atom. The summed E-state index contributed by atoms with van der Waals surface area (Å²) in [7, 11) is 0. The first-order valence-corrected chi connectivity index (χ1v) is 5.66. The number of carbonyl (C=O) groups is 1. The molecule has 0 radical (unpaired) electrons. The van der Waals surface area contributed by atoms with E-state index in [1.165, 1.54) is 0 Å².